The molecule has 0 amide bonds. The minimum absolute atomic E-state index is 0.491. The third-order valence-electron chi connectivity index (χ3n) is 1.89. The zero-order valence-corrected chi connectivity index (χ0v) is 7.75. The van der Waals surface area contributed by atoms with E-state index >= 15 is 0 Å². The van der Waals surface area contributed by atoms with Gasteiger partial charge >= 0.3 is 0 Å². The van der Waals surface area contributed by atoms with E-state index in [1.54, 1.807) is 6.07 Å². The number of anilines is 1. The predicted molar refractivity (Wildman–Crippen MR) is 51.2 cm³/mol. The van der Waals surface area contributed by atoms with Crippen molar-refractivity contribution < 1.29 is 13.2 Å². The average Bonchev–Trinajstić information content (AvgIpc) is 2.42. The topological polar surface area (TPSA) is 26.0 Å². The standard InChI is InChI=1S/C9H6F3NS/c10-6-1-4-2-8(13)14-7(4)3-5(6)9(11)12/h1-3,9H,13H2. The van der Waals surface area contributed by atoms with Gasteiger partial charge in [0, 0.05) is 4.70 Å². The van der Waals surface area contributed by atoms with Crippen LogP contribution in [-0.4, -0.2) is 0 Å². The van der Waals surface area contributed by atoms with Crippen LogP contribution in [0.5, 0.6) is 0 Å². The lowest BCUT2D eigenvalue weighted by Crippen LogP contribution is -1.89. The molecule has 0 unspecified atom stereocenters. The normalized spacial score (nSPS) is 11.4. The molecule has 74 valence electrons. The predicted octanol–water partition coefficient (Wildman–Crippen LogP) is 3.56. The van der Waals surface area contributed by atoms with Crippen molar-refractivity contribution in [2.45, 2.75) is 6.43 Å². The van der Waals surface area contributed by atoms with Crippen molar-refractivity contribution in [3.63, 3.8) is 0 Å². The second-order valence-electron chi connectivity index (χ2n) is 2.86. The minimum Gasteiger partial charge on any atom is -0.391 e. The highest BCUT2D eigenvalue weighted by Gasteiger charge is 2.15. The first-order valence-corrected chi connectivity index (χ1v) is 4.66. The molecule has 14 heavy (non-hydrogen) atoms. The molecule has 0 saturated carbocycles. The first-order chi connectivity index (χ1) is 6.58. The molecule has 0 fully saturated rings. The number of thiophene rings is 1. The number of alkyl halides is 2. The van der Waals surface area contributed by atoms with Gasteiger partial charge in [-0.3, -0.25) is 0 Å². The monoisotopic (exact) mass is 217 g/mol. The Morgan fingerprint density at radius 1 is 1.21 bits per heavy atom. The highest BCUT2D eigenvalue weighted by Crippen LogP contribution is 2.32. The van der Waals surface area contributed by atoms with Crippen LogP contribution in [0, 0.1) is 5.82 Å². The van der Waals surface area contributed by atoms with E-state index in [2.05, 4.69) is 0 Å². The molecule has 1 heterocycles. The molecule has 0 aliphatic heterocycles. The first-order valence-electron chi connectivity index (χ1n) is 3.84. The van der Waals surface area contributed by atoms with E-state index < -0.39 is 17.8 Å². The van der Waals surface area contributed by atoms with E-state index in [4.69, 9.17) is 5.73 Å². The molecule has 0 aliphatic rings. The molecule has 2 rings (SSSR count). The molecule has 2 aromatic rings. The number of fused-ring (bicyclic) bond motifs is 1. The molecule has 0 bridgehead atoms. The fraction of sp³-hybridized carbons (Fsp3) is 0.111. The van der Waals surface area contributed by atoms with E-state index in [1.807, 2.05) is 0 Å². The molecule has 1 nitrogen and oxygen atoms in total. The second kappa shape index (κ2) is 3.16. The van der Waals surface area contributed by atoms with Crippen molar-refractivity contribution in [3.05, 3.63) is 29.6 Å². The van der Waals surface area contributed by atoms with Crippen LogP contribution in [0.3, 0.4) is 0 Å². The Bertz CT molecular complexity index is 478. The molecule has 0 atom stereocenters. The fourth-order valence-electron chi connectivity index (χ4n) is 1.26. The van der Waals surface area contributed by atoms with Gasteiger partial charge in [0.05, 0.1) is 10.6 Å². The van der Waals surface area contributed by atoms with Gasteiger partial charge in [0.15, 0.2) is 0 Å². The number of benzene rings is 1. The maximum absolute atomic E-state index is 13.1. The van der Waals surface area contributed by atoms with Gasteiger partial charge < -0.3 is 5.73 Å². The van der Waals surface area contributed by atoms with Crippen molar-refractivity contribution in [3.8, 4) is 0 Å². The molecule has 0 radical (unpaired) electrons. The van der Waals surface area contributed by atoms with Gasteiger partial charge in [-0.2, -0.15) is 0 Å². The Balaban J connectivity index is 2.70. The van der Waals surface area contributed by atoms with E-state index in [0.29, 0.717) is 15.1 Å². The Morgan fingerprint density at radius 2 is 1.93 bits per heavy atom. The Labute approximate surface area is 82.0 Å². The van der Waals surface area contributed by atoms with Gasteiger partial charge in [-0.05, 0) is 23.6 Å². The molecule has 5 heteroatoms. The number of hydrogen-bond acceptors (Lipinski definition) is 2. The molecule has 2 N–H and O–H groups in total. The summed E-state index contributed by atoms with van der Waals surface area (Å²) >= 11 is 1.17. The highest BCUT2D eigenvalue weighted by atomic mass is 32.1. The summed E-state index contributed by atoms with van der Waals surface area (Å²) in [4.78, 5) is 0. The summed E-state index contributed by atoms with van der Waals surface area (Å²) in [5, 5.41) is 1.06. The van der Waals surface area contributed by atoms with Crippen LogP contribution >= 0.6 is 11.3 Å². The van der Waals surface area contributed by atoms with Gasteiger partial charge in [0.25, 0.3) is 6.43 Å². The lowest BCUT2D eigenvalue weighted by molar-refractivity contribution is 0.146. The molecule has 0 saturated heterocycles. The van der Waals surface area contributed by atoms with Crippen molar-refractivity contribution in [2.24, 2.45) is 0 Å². The van der Waals surface area contributed by atoms with Crippen LogP contribution in [0.15, 0.2) is 18.2 Å². The molecule has 1 aromatic carbocycles. The lowest BCUT2D eigenvalue weighted by Gasteiger charge is -2.00. The van der Waals surface area contributed by atoms with Gasteiger partial charge in [-0.25, -0.2) is 13.2 Å². The Kier molecular flexibility index (Phi) is 2.11. The lowest BCUT2D eigenvalue weighted by atomic mass is 10.2. The number of nitrogens with two attached hydrogens (primary N) is 1. The summed E-state index contributed by atoms with van der Waals surface area (Å²) in [6.07, 6.45) is -2.79. The van der Waals surface area contributed by atoms with Crippen LogP contribution in [0.2, 0.25) is 0 Å². The summed E-state index contributed by atoms with van der Waals surface area (Å²) < 4.78 is 38.2. The summed E-state index contributed by atoms with van der Waals surface area (Å²) in [5.74, 6) is -0.884. The summed E-state index contributed by atoms with van der Waals surface area (Å²) in [7, 11) is 0. The molecular formula is C9H6F3NS. The molecule has 0 aliphatic carbocycles. The SMILES string of the molecule is Nc1cc2cc(F)c(C(F)F)cc2s1. The zero-order valence-electron chi connectivity index (χ0n) is 6.93. The quantitative estimate of drug-likeness (QED) is 0.776. The van der Waals surface area contributed by atoms with Crippen LogP contribution in [-0.2, 0) is 0 Å². The number of hydrogen-bond donors (Lipinski definition) is 1. The third-order valence-corrected chi connectivity index (χ3v) is 2.82. The van der Waals surface area contributed by atoms with Crippen molar-refractivity contribution in [1.29, 1.82) is 0 Å². The van der Waals surface area contributed by atoms with Crippen molar-refractivity contribution in [2.75, 3.05) is 5.73 Å². The summed E-state index contributed by atoms with van der Waals surface area (Å²) in [5.41, 5.74) is 4.91. The molecular weight excluding hydrogens is 211 g/mol. The van der Waals surface area contributed by atoms with Crippen molar-refractivity contribution in [1.82, 2.24) is 0 Å². The zero-order chi connectivity index (χ0) is 10.3. The largest absolute Gasteiger partial charge is 0.391 e. The summed E-state index contributed by atoms with van der Waals surface area (Å²) in [6.45, 7) is 0. The van der Waals surface area contributed by atoms with E-state index in [9.17, 15) is 13.2 Å². The minimum atomic E-state index is -2.79. The maximum Gasteiger partial charge on any atom is 0.266 e. The fourth-order valence-corrected chi connectivity index (χ4v) is 2.12. The molecule has 1 aromatic heterocycles. The van der Waals surface area contributed by atoms with Crippen LogP contribution in [0.1, 0.15) is 12.0 Å². The summed E-state index contributed by atoms with van der Waals surface area (Å²) in [6, 6.07) is 3.80. The van der Waals surface area contributed by atoms with Gasteiger partial charge in [-0.15, -0.1) is 11.3 Å². The number of halogens is 3. The van der Waals surface area contributed by atoms with Crippen molar-refractivity contribution >= 4 is 26.4 Å². The molecule has 0 spiro atoms. The van der Waals surface area contributed by atoms with Crippen LogP contribution in [0.4, 0.5) is 18.2 Å². The highest BCUT2D eigenvalue weighted by molar-refractivity contribution is 7.22. The van der Waals surface area contributed by atoms with Gasteiger partial charge in [-0.1, -0.05) is 0 Å². The first kappa shape index (κ1) is 9.33. The maximum atomic E-state index is 13.1. The second-order valence-corrected chi connectivity index (χ2v) is 3.98. The van der Waals surface area contributed by atoms with Crippen LogP contribution < -0.4 is 5.73 Å². The van der Waals surface area contributed by atoms with E-state index in [-0.39, 0.29) is 0 Å². The smallest absolute Gasteiger partial charge is 0.266 e. The van der Waals surface area contributed by atoms with Crippen LogP contribution in [0.25, 0.3) is 10.1 Å². The number of nitrogen functional groups attached to an aromatic ring is 1. The third kappa shape index (κ3) is 1.43. The van der Waals surface area contributed by atoms with Gasteiger partial charge in [0.1, 0.15) is 5.82 Å². The van der Waals surface area contributed by atoms with E-state index in [0.717, 1.165) is 12.1 Å². The van der Waals surface area contributed by atoms with E-state index in [1.165, 1.54) is 11.3 Å². The van der Waals surface area contributed by atoms with Gasteiger partial charge in [0.2, 0.25) is 0 Å². The Hall–Kier alpha value is -1.23. The average molecular weight is 217 g/mol. The Morgan fingerprint density at radius 3 is 2.57 bits per heavy atom. The number of rotatable bonds is 1.